The van der Waals surface area contributed by atoms with E-state index in [1.54, 1.807) is 7.11 Å². The van der Waals surface area contributed by atoms with E-state index < -0.39 is 42.8 Å². The maximum absolute atomic E-state index is 13.1. The highest BCUT2D eigenvalue weighted by Crippen LogP contribution is 2.38. The number of benzene rings is 1. The molecule has 1 fully saturated rings. The average molecular weight is 488 g/mol. The molecule has 9 heteroatoms. The van der Waals surface area contributed by atoms with Crippen LogP contribution >= 0.6 is 0 Å². The molecule has 3 atom stereocenters. The fourth-order valence-corrected chi connectivity index (χ4v) is 4.74. The monoisotopic (exact) mass is 488 g/mol. The van der Waals surface area contributed by atoms with Gasteiger partial charge in [0.15, 0.2) is 0 Å². The van der Waals surface area contributed by atoms with Crippen molar-refractivity contribution in [2.24, 2.45) is 11.8 Å². The van der Waals surface area contributed by atoms with Crippen LogP contribution in [-0.2, 0) is 31.7 Å². The topological polar surface area (TPSA) is 106 Å². The van der Waals surface area contributed by atoms with Crippen LogP contribution in [0.3, 0.4) is 0 Å². The quantitative estimate of drug-likeness (QED) is 0.461. The van der Waals surface area contributed by atoms with Crippen molar-refractivity contribution in [1.29, 1.82) is 0 Å². The molecule has 0 saturated carbocycles. The van der Waals surface area contributed by atoms with Crippen LogP contribution in [0.1, 0.15) is 65.5 Å². The van der Waals surface area contributed by atoms with Gasteiger partial charge in [-0.3, -0.25) is 9.59 Å². The largest absolute Gasteiger partial charge is 0.496 e. The molecule has 3 N–H and O–H groups in total. The van der Waals surface area contributed by atoms with Crippen LogP contribution in [0.5, 0.6) is 5.75 Å². The van der Waals surface area contributed by atoms with Gasteiger partial charge in [-0.25, -0.2) is 0 Å². The number of rotatable bonds is 9. The zero-order valence-electron chi connectivity index (χ0n) is 22.1. The van der Waals surface area contributed by atoms with Crippen molar-refractivity contribution in [3.05, 3.63) is 29.3 Å². The second-order valence-electron chi connectivity index (χ2n) is 11.2. The molecule has 0 bridgehead atoms. The second kappa shape index (κ2) is 10.9. The average Bonchev–Trinajstić information content (AvgIpc) is 3.02. The number of ether oxygens (including phenoxy) is 1. The molecule has 1 aliphatic heterocycles. The smallest absolute Gasteiger partial charge is 0.481 e. The Hall–Kier alpha value is -2.10. The summed E-state index contributed by atoms with van der Waals surface area (Å²) in [5.74, 6) is -0.355. The summed E-state index contributed by atoms with van der Waals surface area (Å²) in [6.45, 7) is 11.5. The van der Waals surface area contributed by atoms with Crippen molar-refractivity contribution in [3.63, 3.8) is 0 Å². The minimum absolute atomic E-state index is 0.244. The molecule has 2 aliphatic rings. The van der Waals surface area contributed by atoms with Crippen LogP contribution < -0.4 is 15.4 Å². The Bertz CT molecular complexity index is 889. The minimum atomic E-state index is -1.06. The molecule has 35 heavy (non-hydrogen) atoms. The van der Waals surface area contributed by atoms with E-state index in [2.05, 4.69) is 30.5 Å². The summed E-state index contributed by atoms with van der Waals surface area (Å²) >= 11 is 0. The molecule has 0 aromatic heterocycles. The Balaban J connectivity index is 1.66. The van der Waals surface area contributed by atoms with Gasteiger partial charge in [-0.2, -0.15) is 0 Å². The summed E-state index contributed by atoms with van der Waals surface area (Å²) in [5, 5.41) is 15.7. The lowest BCUT2D eigenvalue weighted by molar-refractivity contribution is -0.132. The molecule has 2 amide bonds. The number of hydrogen-bond acceptors (Lipinski definition) is 6. The highest BCUT2D eigenvalue weighted by Gasteiger charge is 2.54. The molecule has 1 heterocycles. The number of aliphatic hydroxyl groups is 1. The third kappa shape index (κ3) is 6.19. The summed E-state index contributed by atoms with van der Waals surface area (Å²) in [6.07, 6.45) is 2.61. The molecule has 1 saturated heterocycles. The van der Waals surface area contributed by atoms with Gasteiger partial charge in [0.25, 0.3) is 0 Å². The zero-order valence-corrected chi connectivity index (χ0v) is 22.1. The Morgan fingerprint density at radius 2 is 1.83 bits per heavy atom. The summed E-state index contributed by atoms with van der Waals surface area (Å²) in [7, 11) is 1.00. The molecule has 3 rings (SSSR count). The lowest BCUT2D eigenvalue weighted by Gasteiger charge is -2.32. The summed E-state index contributed by atoms with van der Waals surface area (Å²) in [6, 6.07) is 4.85. The van der Waals surface area contributed by atoms with E-state index in [4.69, 9.17) is 14.0 Å². The number of aliphatic hydroxyl groups excluding tert-OH is 1. The highest BCUT2D eigenvalue weighted by molar-refractivity contribution is 6.48. The van der Waals surface area contributed by atoms with E-state index in [1.807, 2.05) is 39.8 Å². The first-order valence-corrected chi connectivity index (χ1v) is 12.6. The predicted octanol–water partition coefficient (Wildman–Crippen LogP) is 2.44. The van der Waals surface area contributed by atoms with Crippen LogP contribution in [0.4, 0.5) is 0 Å². The number of hydrogen-bond donors (Lipinski definition) is 3. The van der Waals surface area contributed by atoms with Crippen LogP contribution in [0.2, 0.25) is 0 Å². The van der Waals surface area contributed by atoms with Gasteiger partial charge < -0.3 is 29.8 Å². The Morgan fingerprint density at radius 3 is 2.40 bits per heavy atom. The molecule has 1 aromatic rings. The molecule has 1 aliphatic carbocycles. The highest BCUT2D eigenvalue weighted by atomic mass is 16.7. The van der Waals surface area contributed by atoms with Crippen molar-refractivity contribution in [3.8, 4) is 5.75 Å². The maximum atomic E-state index is 13.1. The standard InChI is InChI=1S/C26H41BN2O6/c1-16(2)13-22(27-34-25(3,4)26(5,6)35-27)29-24(32)20(15-30)28-23(31)18-12-11-17-9-8-10-21(33-7)19(17)14-18/h8-10,16,18,20,22,30H,11-15H2,1-7H3,(H,28,31)(H,29,32)/t18?,20-,22?/m0/s1. The molecule has 8 nitrogen and oxygen atoms in total. The van der Waals surface area contributed by atoms with Gasteiger partial charge in [-0.05, 0) is 76.5 Å². The third-order valence-corrected chi connectivity index (χ3v) is 7.50. The maximum Gasteiger partial charge on any atom is 0.481 e. The lowest BCUT2D eigenvalue weighted by Crippen LogP contribution is -2.56. The van der Waals surface area contributed by atoms with Gasteiger partial charge in [0.05, 0.1) is 30.9 Å². The van der Waals surface area contributed by atoms with E-state index >= 15 is 0 Å². The molecule has 0 radical (unpaired) electrons. The van der Waals surface area contributed by atoms with E-state index in [0.29, 0.717) is 19.3 Å². The van der Waals surface area contributed by atoms with Gasteiger partial charge in [0.2, 0.25) is 11.8 Å². The van der Waals surface area contributed by atoms with Crippen LogP contribution in [0.25, 0.3) is 0 Å². The Morgan fingerprint density at radius 1 is 1.17 bits per heavy atom. The summed E-state index contributed by atoms with van der Waals surface area (Å²) in [5.41, 5.74) is 1.16. The fraction of sp³-hybridized carbons (Fsp3) is 0.692. The molecule has 2 unspecified atom stereocenters. The minimum Gasteiger partial charge on any atom is -0.496 e. The summed E-state index contributed by atoms with van der Waals surface area (Å²) in [4.78, 5) is 26.2. The van der Waals surface area contributed by atoms with E-state index in [0.717, 1.165) is 17.7 Å². The van der Waals surface area contributed by atoms with E-state index in [1.165, 1.54) is 5.56 Å². The Labute approximate surface area is 209 Å². The van der Waals surface area contributed by atoms with Crippen molar-refractivity contribution in [2.45, 2.75) is 90.4 Å². The van der Waals surface area contributed by atoms with Crippen LogP contribution in [0, 0.1) is 11.8 Å². The first kappa shape index (κ1) is 27.5. The molecular weight excluding hydrogens is 447 g/mol. The fourth-order valence-electron chi connectivity index (χ4n) is 4.74. The number of carbonyl (C=O) groups is 2. The molecule has 0 spiro atoms. The second-order valence-corrected chi connectivity index (χ2v) is 11.2. The molecule has 194 valence electrons. The first-order chi connectivity index (χ1) is 16.4. The number of amides is 2. The molecular formula is C26H41BN2O6. The number of nitrogens with one attached hydrogen (secondary N) is 2. The first-order valence-electron chi connectivity index (χ1n) is 12.6. The van der Waals surface area contributed by atoms with Gasteiger partial charge in [0, 0.05) is 5.92 Å². The van der Waals surface area contributed by atoms with Gasteiger partial charge in [-0.1, -0.05) is 26.0 Å². The van der Waals surface area contributed by atoms with Crippen molar-refractivity contribution < 1.29 is 28.7 Å². The van der Waals surface area contributed by atoms with E-state index in [9.17, 15) is 14.7 Å². The van der Waals surface area contributed by atoms with Crippen LogP contribution in [0.15, 0.2) is 18.2 Å². The molecule has 1 aromatic carbocycles. The predicted molar refractivity (Wildman–Crippen MR) is 135 cm³/mol. The lowest BCUT2D eigenvalue weighted by atomic mass is 9.74. The Kier molecular flexibility index (Phi) is 8.55. The normalized spacial score (nSPS) is 22.3. The zero-order chi connectivity index (χ0) is 26.0. The number of fused-ring (bicyclic) bond motifs is 1. The SMILES string of the molecule is COc1cccc2c1CC(C(=O)N[C@@H](CO)C(=O)NC(CC(C)C)B1OC(C)(C)C(C)(C)O1)CC2. The number of carbonyl (C=O) groups excluding carboxylic acids is 2. The van der Waals surface area contributed by atoms with E-state index in [-0.39, 0.29) is 17.7 Å². The van der Waals surface area contributed by atoms with Gasteiger partial charge in [-0.15, -0.1) is 0 Å². The van der Waals surface area contributed by atoms with Gasteiger partial charge in [0.1, 0.15) is 11.8 Å². The van der Waals surface area contributed by atoms with Crippen LogP contribution in [-0.4, -0.2) is 60.9 Å². The van der Waals surface area contributed by atoms with Crippen molar-refractivity contribution >= 4 is 18.9 Å². The number of methoxy groups -OCH3 is 1. The third-order valence-electron chi connectivity index (χ3n) is 7.50. The van der Waals surface area contributed by atoms with Crippen molar-refractivity contribution in [1.82, 2.24) is 10.6 Å². The van der Waals surface area contributed by atoms with Crippen molar-refractivity contribution in [2.75, 3.05) is 13.7 Å². The summed E-state index contributed by atoms with van der Waals surface area (Å²) < 4.78 is 17.8. The van der Waals surface area contributed by atoms with Gasteiger partial charge >= 0.3 is 7.12 Å². The number of aryl methyl sites for hydroxylation is 1.